The van der Waals surface area contributed by atoms with Crippen molar-refractivity contribution in [1.82, 2.24) is 0 Å². The molecule has 0 heterocycles. The minimum absolute atomic E-state index is 0.0286. The number of nitrogens with two attached hydrogens (primary N) is 1. The molecule has 0 bridgehead atoms. The standard InChI is InChI=1S/C12H15NO2/c1-15-11(14)8-12(6-7-12)9-2-4-10(13)5-3-9/h2-5H,6-8,13H2,1H3. The molecule has 1 aliphatic rings. The molecule has 0 aromatic heterocycles. The lowest BCUT2D eigenvalue weighted by atomic mass is 9.92. The van der Waals surface area contributed by atoms with Crippen molar-refractivity contribution in [2.75, 3.05) is 12.8 Å². The molecule has 3 heteroatoms. The molecule has 3 nitrogen and oxygen atoms in total. The monoisotopic (exact) mass is 205 g/mol. The Labute approximate surface area is 89.2 Å². The third-order valence-corrected chi connectivity index (χ3v) is 3.09. The average molecular weight is 205 g/mol. The first-order chi connectivity index (χ1) is 7.16. The van der Waals surface area contributed by atoms with E-state index in [1.807, 2.05) is 24.3 Å². The van der Waals surface area contributed by atoms with Crippen LogP contribution in [0.4, 0.5) is 5.69 Å². The number of methoxy groups -OCH3 is 1. The van der Waals surface area contributed by atoms with Crippen LogP contribution in [0.2, 0.25) is 0 Å². The van der Waals surface area contributed by atoms with Crippen LogP contribution >= 0.6 is 0 Å². The quantitative estimate of drug-likeness (QED) is 0.605. The van der Waals surface area contributed by atoms with Crippen LogP contribution in [0.5, 0.6) is 0 Å². The number of rotatable bonds is 3. The van der Waals surface area contributed by atoms with Crippen molar-refractivity contribution in [3.8, 4) is 0 Å². The van der Waals surface area contributed by atoms with E-state index in [-0.39, 0.29) is 11.4 Å². The fourth-order valence-corrected chi connectivity index (χ4v) is 1.90. The van der Waals surface area contributed by atoms with Crippen LogP contribution in [-0.4, -0.2) is 13.1 Å². The Kier molecular flexibility index (Phi) is 2.39. The molecule has 15 heavy (non-hydrogen) atoms. The van der Waals surface area contributed by atoms with E-state index >= 15 is 0 Å². The highest BCUT2D eigenvalue weighted by Gasteiger charge is 2.46. The van der Waals surface area contributed by atoms with Crippen LogP contribution in [0, 0.1) is 0 Å². The molecule has 1 aromatic rings. The lowest BCUT2D eigenvalue weighted by Crippen LogP contribution is -2.14. The summed E-state index contributed by atoms with van der Waals surface area (Å²) >= 11 is 0. The highest BCUT2D eigenvalue weighted by Crippen LogP contribution is 2.51. The van der Waals surface area contributed by atoms with E-state index in [4.69, 9.17) is 10.5 Å². The van der Waals surface area contributed by atoms with E-state index in [9.17, 15) is 4.79 Å². The van der Waals surface area contributed by atoms with E-state index in [2.05, 4.69) is 0 Å². The molecule has 0 aliphatic heterocycles. The second kappa shape index (κ2) is 3.57. The number of carbonyl (C=O) groups is 1. The third-order valence-electron chi connectivity index (χ3n) is 3.09. The molecule has 0 atom stereocenters. The van der Waals surface area contributed by atoms with E-state index in [0.29, 0.717) is 6.42 Å². The number of ether oxygens (including phenoxy) is 1. The summed E-state index contributed by atoms with van der Waals surface area (Å²) in [5.41, 5.74) is 7.61. The normalized spacial score (nSPS) is 17.1. The van der Waals surface area contributed by atoms with Gasteiger partial charge >= 0.3 is 5.97 Å². The van der Waals surface area contributed by atoms with Gasteiger partial charge in [0.1, 0.15) is 0 Å². The second-order valence-electron chi connectivity index (χ2n) is 4.16. The lowest BCUT2D eigenvalue weighted by Gasteiger charge is -2.14. The Hall–Kier alpha value is -1.51. The van der Waals surface area contributed by atoms with Gasteiger partial charge < -0.3 is 10.5 Å². The van der Waals surface area contributed by atoms with Crippen molar-refractivity contribution >= 4 is 11.7 Å². The van der Waals surface area contributed by atoms with E-state index in [1.54, 1.807) is 0 Å². The number of nitrogen functional groups attached to an aromatic ring is 1. The molecule has 0 saturated heterocycles. The smallest absolute Gasteiger partial charge is 0.306 e. The fraction of sp³-hybridized carbons (Fsp3) is 0.417. The largest absolute Gasteiger partial charge is 0.469 e. The minimum Gasteiger partial charge on any atom is -0.469 e. The minimum atomic E-state index is -0.135. The number of carbonyl (C=O) groups excluding carboxylic acids is 1. The van der Waals surface area contributed by atoms with Crippen LogP contribution in [0.3, 0.4) is 0 Å². The second-order valence-corrected chi connectivity index (χ2v) is 4.16. The van der Waals surface area contributed by atoms with E-state index in [1.165, 1.54) is 12.7 Å². The predicted molar refractivity (Wildman–Crippen MR) is 58.4 cm³/mol. The Morgan fingerprint density at radius 3 is 2.47 bits per heavy atom. The van der Waals surface area contributed by atoms with Crippen molar-refractivity contribution in [3.05, 3.63) is 29.8 Å². The molecular weight excluding hydrogens is 190 g/mol. The highest BCUT2D eigenvalue weighted by molar-refractivity contribution is 5.72. The predicted octanol–water partition coefficient (Wildman–Crippen LogP) is 1.86. The molecule has 0 spiro atoms. The zero-order valence-corrected chi connectivity index (χ0v) is 8.82. The van der Waals surface area contributed by atoms with Crippen molar-refractivity contribution in [2.24, 2.45) is 0 Å². The third kappa shape index (κ3) is 1.96. The lowest BCUT2D eigenvalue weighted by molar-refractivity contribution is -0.141. The van der Waals surface area contributed by atoms with E-state index in [0.717, 1.165) is 18.5 Å². The van der Waals surface area contributed by atoms with Crippen LogP contribution in [0.25, 0.3) is 0 Å². The maximum Gasteiger partial charge on any atom is 0.306 e. The summed E-state index contributed by atoms with van der Waals surface area (Å²) in [7, 11) is 1.43. The number of hydrogen-bond donors (Lipinski definition) is 1. The molecule has 80 valence electrons. The van der Waals surface area contributed by atoms with E-state index < -0.39 is 0 Å². The average Bonchev–Trinajstić information content (AvgIpc) is 3.00. The molecule has 1 fully saturated rings. The number of anilines is 1. The van der Waals surface area contributed by atoms with Gasteiger partial charge in [-0.1, -0.05) is 12.1 Å². The number of benzene rings is 1. The van der Waals surface area contributed by atoms with Crippen molar-refractivity contribution in [3.63, 3.8) is 0 Å². The van der Waals surface area contributed by atoms with Crippen molar-refractivity contribution in [2.45, 2.75) is 24.7 Å². The molecule has 2 rings (SSSR count). The van der Waals surface area contributed by atoms with Gasteiger partial charge in [0, 0.05) is 11.1 Å². The van der Waals surface area contributed by atoms with Gasteiger partial charge in [-0.05, 0) is 30.5 Å². The summed E-state index contributed by atoms with van der Waals surface area (Å²) in [6.45, 7) is 0. The zero-order chi connectivity index (χ0) is 10.9. The SMILES string of the molecule is COC(=O)CC1(c2ccc(N)cc2)CC1. The maximum atomic E-state index is 11.3. The van der Waals surface area contributed by atoms with Gasteiger partial charge in [-0.25, -0.2) is 0 Å². The summed E-state index contributed by atoms with van der Waals surface area (Å²) < 4.78 is 4.71. The van der Waals surface area contributed by atoms with Gasteiger partial charge in [0.2, 0.25) is 0 Å². The number of esters is 1. The molecule has 1 aromatic carbocycles. The molecule has 1 saturated carbocycles. The van der Waals surface area contributed by atoms with Crippen LogP contribution < -0.4 is 5.73 Å². The first-order valence-electron chi connectivity index (χ1n) is 5.09. The van der Waals surface area contributed by atoms with Gasteiger partial charge in [0.05, 0.1) is 13.5 Å². The van der Waals surface area contributed by atoms with Gasteiger partial charge in [-0.15, -0.1) is 0 Å². The molecule has 0 unspecified atom stereocenters. The molecular formula is C12H15NO2. The van der Waals surface area contributed by atoms with Crippen molar-refractivity contribution < 1.29 is 9.53 Å². The summed E-state index contributed by atoms with van der Waals surface area (Å²) in [6.07, 6.45) is 2.60. The Morgan fingerprint density at radius 2 is 2.00 bits per heavy atom. The Morgan fingerprint density at radius 1 is 1.40 bits per heavy atom. The molecule has 1 aliphatic carbocycles. The first kappa shape index (κ1) is 10.0. The van der Waals surface area contributed by atoms with Crippen LogP contribution in [0.15, 0.2) is 24.3 Å². The molecule has 2 N–H and O–H groups in total. The van der Waals surface area contributed by atoms with Gasteiger partial charge in [0.15, 0.2) is 0 Å². The first-order valence-corrected chi connectivity index (χ1v) is 5.09. The zero-order valence-electron chi connectivity index (χ0n) is 8.82. The summed E-state index contributed by atoms with van der Waals surface area (Å²) in [5, 5.41) is 0. The Balaban J connectivity index is 2.16. The van der Waals surface area contributed by atoms with Crippen LogP contribution in [-0.2, 0) is 14.9 Å². The maximum absolute atomic E-state index is 11.3. The summed E-state index contributed by atoms with van der Waals surface area (Å²) in [4.78, 5) is 11.3. The Bertz CT molecular complexity index is 366. The summed E-state index contributed by atoms with van der Waals surface area (Å²) in [6, 6.07) is 7.77. The summed E-state index contributed by atoms with van der Waals surface area (Å²) in [5.74, 6) is -0.135. The van der Waals surface area contributed by atoms with Gasteiger partial charge in [-0.3, -0.25) is 4.79 Å². The van der Waals surface area contributed by atoms with Crippen molar-refractivity contribution in [1.29, 1.82) is 0 Å². The fourth-order valence-electron chi connectivity index (χ4n) is 1.90. The van der Waals surface area contributed by atoms with Gasteiger partial charge in [0.25, 0.3) is 0 Å². The molecule has 0 amide bonds. The van der Waals surface area contributed by atoms with Gasteiger partial charge in [-0.2, -0.15) is 0 Å². The van der Waals surface area contributed by atoms with Crippen LogP contribution in [0.1, 0.15) is 24.8 Å². The molecule has 0 radical (unpaired) electrons. The topological polar surface area (TPSA) is 52.3 Å². The highest BCUT2D eigenvalue weighted by atomic mass is 16.5. The number of hydrogen-bond acceptors (Lipinski definition) is 3.